The van der Waals surface area contributed by atoms with Gasteiger partial charge in [-0.05, 0) is 32.1 Å². The van der Waals surface area contributed by atoms with Gasteiger partial charge in [0.2, 0.25) is 0 Å². The molecule has 1 saturated heterocycles. The fourth-order valence-electron chi connectivity index (χ4n) is 3.17. The summed E-state index contributed by atoms with van der Waals surface area (Å²) in [4.78, 5) is 13.3. The van der Waals surface area contributed by atoms with Crippen LogP contribution in [0.1, 0.15) is 44.9 Å². The Labute approximate surface area is 103 Å². The fourth-order valence-corrected chi connectivity index (χ4v) is 3.17. The van der Waals surface area contributed by atoms with E-state index < -0.39 is 5.97 Å². The van der Waals surface area contributed by atoms with Gasteiger partial charge in [-0.25, -0.2) is 0 Å². The van der Waals surface area contributed by atoms with E-state index in [0.717, 1.165) is 32.5 Å². The molecule has 0 aromatic rings. The molecule has 0 aromatic heterocycles. The molecule has 0 radical (unpaired) electrons. The van der Waals surface area contributed by atoms with E-state index in [2.05, 4.69) is 4.90 Å². The molecule has 1 heterocycles. The molecule has 98 valence electrons. The van der Waals surface area contributed by atoms with Gasteiger partial charge in [0.15, 0.2) is 0 Å². The lowest BCUT2D eigenvalue weighted by Crippen LogP contribution is -2.45. The SMILES string of the molecule is O=C(O)CN(C1CCCC1)C1CCCOCC1. The van der Waals surface area contributed by atoms with Gasteiger partial charge >= 0.3 is 5.97 Å². The van der Waals surface area contributed by atoms with Crippen molar-refractivity contribution in [2.24, 2.45) is 0 Å². The smallest absolute Gasteiger partial charge is 0.317 e. The van der Waals surface area contributed by atoms with Gasteiger partial charge < -0.3 is 9.84 Å². The van der Waals surface area contributed by atoms with E-state index >= 15 is 0 Å². The first-order chi connectivity index (χ1) is 8.27. The number of ether oxygens (including phenoxy) is 1. The number of rotatable bonds is 4. The van der Waals surface area contributed by atoms with Crippen LogP contribution in [0, 0.1) is 0 Å². The van der Waals surface area contributed by atoms with Gasteiger partial charge in [-0.15, -0.1) is 0 Å². The first kappa shape index (κ1) is 12.8. The highest BCUT2D eigenvalue weighted by molar-refractivity contribution is 5.69. The summed E-state index contributed by atoms with van der Waals surface area (Å²) >= 11 is 0. The molecule has 2 aliphatic rings. The maximum absolute atomic E-state index is 11.0. The van der Waals surface area contributed by atoms with E-state index in [1.165, 1.54) is 25.7 Å². The van der Waals surface area contributed by atoms with Crippen molar-refractivity contribution < 1.29 is 14.6 Å². The highest BCUT2D eigenvalue weighted by Gasteiger charge is 2.30. The number of hydrogen-bond acceptors (Lipinski definition) is 3. The van der Waals surface area contributed by atoms with Crippen molar-refractivity contribution in [1.82, 2.24) is 4.90 Å². The van der Waals surface area contributed by atoms with Crippen molar-refractivity contribution in [2.45, 2.75) is 57.0 Å². The van der Waals surface area contributed by atoms with Gasteiger partial charge in [-0.3, -0.25) is 9.69 Å². The molecular formula is C13H23NO3. The third kappa shape index (κ3) is 3.68. The van der Waals surface area contributed by atoms with E-state index in [1.54, 1.807) is 0 Å². The van der Waals surface area contributed by atoms with Crippen LogP contribution >= 0.6 is 0 Å². The molecule has 0 aromatic carbocycles. The molecule has 1 aliphatic carbocycles. The lowest BCUT2D eigenvalue weighted by molar-refractivity contribution is -0.139. The summed E-state index contributed by atoms with van der Waals surface area (Å²) in [5, 5.41) is 9.07. The Bertz CT molecular complexity index is 243. The summed E-state index contributed by atoms with van der Waals surface area (Å²) in [6, 6.07) is 0.908. The fraction of sp³-hybridized carbons (Fsp3) is 0.923. The van der Waals surface area contributed by atoms with Crippen LogP contribution in [0.2, 0.25) is 0 Å². The van der Waals surface area contributed by atoms with Gasteiger partial charge in [0.05, 0.1) is 6.54 Å². The molecule has 0 amide bonds. The predicted molar refractivity (Wildman–Crippen MR) is 65.1 cm³/mol. The van der Waals surface area contributed by atoms with Crippen LogP contribution in [0.15, 0.2) is 0 Å². The Morgan fingerprint density at radius 2 is 1.71 bits per heavy atom. The minimum atomic E-state index is -0.693. The van der Waals surface area contributed by atoms with E-state index in [1.807, 2.05) is 0 Å². The van der Waals surface area contributed by atoms with Crippen molar-refractivity contribution >= 4 is 5.97 Å². The zero-order chi connectivity index (χ0) is 12.1. The molecular weight excluding hydrogens is 218 g/mol. The van der Waals surface area contributed by atoms with Crippen LogP contribution in [0.25, 0.3) is 0 Å². The van der Waals surface area contributed by atoms with Crippen molar-refractivity contribution in [3.05, 3.63) is 0 Å². The predicted octanol–water partition coefficient (Wildman–Crippen LogP) is 1.88. The van der Waals surface area contributed by atoms with Gasteiger partial charge in [0, 0.05) is 25.3 Å². The lowest BCUT2D eigenvalue weighted by Gasteiger charge is -2.34. The first-order valence-corrected chi connectivity index (χ1v) is 6.82. The average molecular weight is 241 g/mol. The molecule has 4 heteroatoms. The molecule has 1 saturated carbocycles. The number of carbonyl (C=O) groups is 1. The number of carboxylic acids is 1. The molecule has 4 nitrogen and oxygen atoms in total. The third-order valence-corrected chi connectivity index (χ3v) is 4.00. The second-order valence-corrected chi connectivity index (χ2v) is 5.20. The van der Waals surface area contributed by atoms with Gasteiger partial charge in [-0.1, -0.05) is 12.8 Å². The summed E-state index contributed by atoms with van der Waals surface area (Å²) < 4.78 is 5.47. The standard InChI is InChI=1S/C13H23NO3/c15-13(16)10-14(11-4-1-2-5-11)12-6-3-8-17-9-7-12/h11-12H,1-10H2,(H,15,16). The first-order valence-electron chi connectivity index (χ1n) is 6.82. The summed E-state index contributed by atoms with van der Waals surface area (Å²) in [5.74, 6) is -0.693. The zero-order valence-electron chi connectivity index (χ0n) is 10.4. The second-order valence-electron chi connectivity index (χ2n) is 5.20. The van der Waals surface area contributed by atoms with E-state index in [-0.39, 0.29) is 6.54 Å². The Kier molecular flexibility index (Phi) is 4.80. The normalized spacial score (nSPS) is 27.2. The monoisotopic (exact) mass is 241 g/mol. The molecule has 1 unspecified atom stereocenters. The largest absolute Gasteiger partial charge is 0.480 e. The Morgan fingerprint density at radius 3 is 2.41 bits per heavy atom. The number of hydrogen-bond donors (Lipinski definition) is 1. The molecule has 17 heavy (non-hydrogen) atoms. The van der Waals surface area contributed by atoms with Crippen LogP contribution in [0.3, 0.4) is 0 Å². The Balaban J connectivity index is 1.98. The molecule has 1 N–H and O–H groups in total. The second kappa shape index (κ2) is 6.36. The van der Waals surface area contributed by atoms with Crippen molar-refractivity contribution in [1.29, 1.82) is 0 Å². The summed E-state index contributed by atoms with van der Waals surface area (Å²) in [5.41, 5.74) is 0. The van der Waals surface area contributed by atoms with Crippen LogP contribution in [-0.2, 0) is 9.53 Å². The average Bonchev–Trinajstić information content (AvgIpc) is 2.68. The number of carboxylic acid groups (broad SMARTS) is 1. The van der Waals surface area contributed by atoms with E-state index in [4.69, 9.17) is 9.84 Å². The van der Waals surface area contributed by atoms with Crippen LogP contribution in [0.5, 0.6) is 0 Å². The van der Waals surface area contributed by atoms with Crippen molar-refractivity contribution in [2.75, 3.05) is 19.8 Å². The van der Waals surface area contributed by atoms with Gasteiger partial charge in [0.25, 0.3) is 0 Å². The lowest BCUT2D eigenvalue weighted by atomic mass is 10.0. The zero-order valence-corrected chi connectivity index (χ0v) is 10.4. The number of nitrogens with zero attached hydrogens (tertiary/aromatic N) is 1. The summed E-state index contributed by atoms with van der Waals surface area (Å²) in [6.45, 7) is 1.82. The molecule has 2 rings (SSSR count). The van der Waals surface area contributed by atoms with Crippen molar-refractivity contribution in [3.8, 4) is 0 Å². The maximum atomic E-state index is 11.0. The van der Waals surface area contributed by atoms with Crippen LogP contribution < -0.4 is 0 Å². The summed E-state index contributed by atoms with van der Waals surface area (Å²) in [7, 11) is 0. The van der Waals surface area contributed by atoms with Crippen LogP contribution in [-0.4, -0.2) is 47.8 Å². The molecule has 0 spiro atoms. The molecule has 0 bridgehead atoms. The molecule has 1 atom stereocenters. The maximum Gasteiger partial charge on any atom is 0.317 e. The van der Waals surface area contributed by atoms with Crippen molar-refractivity contribution in [3.63, 3.8) is 0 Å². The Hall–Kier alpha value is -0.610. The van der Waals surface area contributed by atoms with Crippen LogP contribution in [0.4, 0.5) is 0 Å². The molecule has 2 fully saturated rings. The molecule has 1 aliphatic heterocycles. The quantitative estimate of drug-likeness (QED) is 0.816. The van der Waals surface area contributed by atoms with E-state index in [9.17, 15) is 4.79 Å². The highest BCUT2D eigenvalue weighted by atomic mass is 16.5. The Morgan fingerprint density at radius 1 is 1.06 bits per heavy atom. The summed E-state index contributed by atoms with van der Waals surface area (Å²) in [6.07, 6.45) is 7.99. The highest BCUT2D eigenvalue weighted by Crippen LogP contribution is 2.28. The minimum Gasteiger partial charge on any atom is -0.480 e. The number of aliphatic carboxylic acids is 1. The topological polar surface area (TPSA) is 49.8 Å². The van der Waals surface area contributed by atoms with E-state index in [0.29, 0.717) is 12.1 Å². The van der Waals surface area contributed by atoms with Gasteiger partial charge in [-0.2, -0.15) is 0 Å². The third-order valence-electron chi connectivity index (χ3n) is 4.00. The van der Waals surface area contributed by atoms with Gasteiger partial charge in [0.1, 0.15) is 0 Å². The minimum absolute atomic E-state index is 0.204.